The molecule has 0 saturated heterocycles. The molecule has 1 N–H and O–H groups in total. The zero-order valence-electron chi connectivity index (χ0n) is 7.88. The topological polar surface area (TPSA) is 50.9 Å². The van der Waals surface area contributed by atoms with Crippen LogP contribution in [0.1, 0.15) is 11.1 Å². The molecule has 72 valence electrons. The number of hydrogen-bond donors (Lipinski definition) is 1. The molecule has 0 aliphatic heterocycles. The Bertz CT molecular complexity index is 436. The summed E-state index contributed by atoms with van der Waals surface area (Å²) in [7, 11) is 0. The predicted octanol–water partition coefficient (Wildman–Crippen LogP) is 1.07. The monoisotopic (exact) mass is 189 g/mol. The highest BCUT2D eigenvalue weighted by molar-refractivity contribution is 5.37. The van der Waals surface area contributed by atoms with Crippen LogP contribution in [-0.2, 0) is 6.61 Å². The quantitative estimate of drug-likeness (QED) is 0.768. The Balaban J connectivity index is 2.50. The molecule has 0 unspecified atom stereocenters. The van der Waals surface area contributed by atoms with E-state index in [1.54, 1.807) is 23.3 Å². The van der Waals surface area contributed by atoms with Crippen molar-refractivity contribution in [3.05, 3.63) is 42.0 Å². The molecule has 0 saturated carbocycles. The summed E-state index contributed by atoms with van der Waals surface area (Å²) in [6.45, 7) is 1.95. The summed E-state index contributed by atoms with van der Waals surface area (Å²) in [6.07, 6.45) is 7.02. The Morgan fingerprint density at radius 3 is 2.93 bits per heavy atom. The summed E-state index contributed by atoms with van der Waals surface area (Å²) >= 11 is 0. The number of aromatic nitrogens is 3. The second-order valence-corrected chi connectivity index (χ2v) is 3.12. The number of aliphatic hydroxyl groups excluding tert-OH is 1. The van der Waals surface area contributed by atoms with Crippen LogP contribution in [0.15, 0.2) is 30.9 Å². The molecule has 0 fully saturated rings. The third kappa shape index (κ3) is 1.52. The fraction of sp³-hybridized carbons (Fsp3) is 0.200. The highest BCUT2D eigenvalue weighted by Crippen LogP contribution is 2.12. The van der Waals surface area contributed by atoms with Gasteiger partial charge in [0.15, 0.2) is 0 Å². The number of aryl methyl sites for hydroxylation is 1. The average molecular weight is 189 g/mol. The molecule has 2 heterocycles. The number of nitrogens with zero attached hydrogens (tertiary/aromatic N) is 3. The van der Waals surface area contributed by atoms with Crippen molar-refractivity contribution < 1.29 is 5.11 Å². The fourth-order valence-corrected chi connectivity index (χ4v) is 1.31. The van der Waals surface area contributed by atoms with Gasteiger partial charge < -0.3 is 5.11 Å². The van der Waals surface area contributed by atoms with Gasteiger partial charge >= 0.3 is 0 Å². The van der Waals surface area contributed by atoms with E-state index in [0.29, 0.717) is 0 Å². The SMILES string of the molecule is Cc1cnn(-c2ccncc2CO)c1. The normalized spacial score (nSPS) is 10.4. The highest BCUT2D eigenvalue weighted by atomic mass is 16.3. The molecule has 0 aromatic carbocycles. The molecule has 0 aliphatic rings. The van der Waals surface area contributed by atoms with Gasteiger partial charge in [-0.15, -0.1) is 0 Å². The summed E-state index contributed by atoms with van der Waals surface area (Å²) in [4.78, 5) is 3.95. The lowest BCUT2D eigenvalue weighted by atomic mass is 10.2. The minimum absolute atomic E-state index is 0.0257. The van der Waals surface area contributed by atoms with Crippen molar-refractivity contribution in [3.63, 3.8) is 0 Å². The van der Waals surface area contributed by atoms with Crippen molar-refractivity contribution in [1.29, 1.82) is 0 Å². The third-order valence-corrected chi connectivity index (χ3v) is 2.01. The van der Waals surface area contributed by atoms with Crippen molar-refractivity contribution in [3.8, 4) is 5.69 Å². The number of aliphatic hydroxyl groups is 1. The van der Waals surface area contributed by atoms with E-state index in [9.17, 15) is 0 Å². The van der Waals surface area contributed by atoms with Gasteiger partial charge in [-0.2, -0.15) is 5.10 Å². The number of hydrogen-bond acceptors (Lipinski definition) is 3. The molecule has 0 amide bonds. The maximum absolute atomic E-state index is 9.11. The molecule has 2 aromatic heterocycles. The molecule has 0 spiro atoms. The van der Waals surface area contributed by atoms with E-state index in [-0.39, 0.29) is 6.61 Å². The van der Waals surface area contributed by atoms with E-state index >= 15 is 0 Å². The number of pyridine rings is 1. The Hall–Kier alpha value is -1.68. The molecule has 0 bridgehead atoms. The Kier molecular flexibility index (Phi) is 2.28. The zero-order chi connectivity index (χ0) is 9.97. The maximum atomic E-state index is 9.11. The van der Waals surface area contributed by atoms with Gasteiger partial charge in [0.05, 0.1) is 18.5 Å². The van der Waals surface area contributed by atoms with Crippen molar-refractivity contribution in [2.45, 2.75) is 13.5 Å². The van der Waals surface area contributed by atoms with Crippen LogP contribution in [0, 0.1) is 6.92 Å². The summed E-state index contributed by atoms with van der Waals surface area (Å²) in [6, 6.07) is 1.83. The van der Waals surface area contributed by atoms with Gasteiger partial charge in [-0.05, 0) is 18.6 Å². The molecule has 2 rings (SSSR count). The summed E-state index contributed by atoms with van der Waals surface area (Å²) in [5.74, 6) is 0. The Morgan fingerprint density at radius 1 is 1.43 bits per heavy atom. The van der Waals surface area contributed by atoms with E-state index in [2.05, 4.69) is 10.1 Å². The van der Waals surface area contributed by atoms with Crippen LogP contribution in [-0.4, -0.2) is 19.9 Å². The molecule has 0 aliphatic carbocycles. The molecule has 4 heteroatoms. The van der Waals surface area contributed by atoms with Gasteiger partial charge in [-0.25, -0.2) is 4.68 Å². The average Bonchev–Trinajstić information content (AvgIpc) is 2.65. The smallest absolute Gasteiger partial charge is 0.0731 e. The van der Waals surface area contributed by atoms with Crippen molar-refractivity contribution in [1.82, 2.24) is 14.8 Å². The first-order chi connectivity index (χ1) is 6.81. The van der Waals surface area contributed by atoms with Gasteiger partial charge in [0.1, 0.15) is 0 Å². The van der Waals surface area contributed by atoms with E-state index in [1.807, 2.05) is 19.2 Å². The van der Waals surface area contributed by atoms with Crippen molar-refractivity contribution >= 4 is 0 Å². The second kappa shape index (κ2) is 3.59. The van der Waals surface area contributed by atoms with Crippen LogP contribution in [0.5, 0.6) is 0 Å². The molecule has 0 atom stereocenters. The first kappa shape index (κ1) is 8.90. The molecule has 14 heavy (non-hydrogen) atoms. The maximum Gasteiger partial charge on any atom is 0.0731 e. The van der Waals surface area contributed by atoms with Gasteiger partial charge in [0.2, 0.25) is 0 Å². The summed E-state index contributed by atoms with van der Waals surface area (Å²) < 4.78 is 1.74. The van der Waals surface area contributed by atoms with Crippen LogP contribution in [0.3, 0.4) is 0 Å². The van der Waals surface area contributed by atoms with E-state index in [4.69, 9.17) is 5.11 Å². The van der Waals surface area contributed by atoms with Gasteiger partial charge in [0, 0.05) is 24.2 Å². The van der Waals surface area contributed by atoms with Crippen LogP contribution in [0.4, 0.5) is 0 Å². The van der Waals surface area contributed by atoms with E-state index in [1.165, 1.54) is 0 Å². The molecule has 0 radical (unpaired) electrons. The van der Waals surface area contributed by atoms with Gasteiger partial charge in [-0.1, -0.05) is 0 Å². The number of rotatable bonds is 2. The highest BCUT2D eigenvalue weighted by Gasteiger charge is 2.03. The Labute approximate surface area is 81.8 Å². The van der Waals surface area contributed by atoms with Crippen LogP contribution in [0.25, 0.3) is 5.69 Å². The van der Waals surface area contributed by atoms with Crippen molar-refractivity contribution in [2.24, 2.45) is 0 Å². The molecule has 4 nitrogen and oxygen atoms in total. The first-order valence-corrected chi connectivity index (χ1v) is 4.36. The largest absolute Gasteiger partial charge is 0.392 e. The van der Waals surface area contributed by atoms with Crippen LogP contribution >= 0.6 is 0 Å². The predicted molar refractivity (Wildman–Crippen MR) is 52.0 cm³/mol. The van der Waals surface area contributed by atoms with Gasteiger partial charge in [-0.3, -0.25) is 4.98 Å². The molecular formula is C10H11N3O. The standard InChI is InChI=1S/C10H11N3O/c1-8-4-12-13(6-8)10-2-3-11-5-9(10)7-14/h2-6,14H,7H2,1H3. The third-order valence-electron chi connectivity index (χ3n) is 2.01. The fourth-order valence-electron chi connectivity index (χ4n) is 1.31. The van der Waals surface area contributed by atoms with E-state index < -0.39 is 0 Å². The summed E-state index contributed by atoms with van der Waals surface area (Å²) in [5, 5.41) is 13.3. The molecular weight excluding hydrogens is 178 g/mol. The summed E-state index contributed by atoms with van der Waals surface area (Å²) in [5.41, 5.74) is 2.73. The van der Waals surface area contributed by atoms with E-state index in [0.717, 1.165) is 16.8 Å². The van der Waals surface area contributed by atoms with Crippen LogP contribution < -0.4 is 0 Å². The lowest BCUT2D eigenvalue weighted by molar-refractivity contribution is 0.281. The van der Waals surface area contributed by atoms with Crippen molar-refractivity contribution in [2.75, 3.05) is 0 Å². The van der Waals surface area contributed by atoms with Crippen LogP contribution in [0.2, 0.25) is 0 Å². The first-order valence-electron chi connectivity index (χ1n) is 4.36. The second-order valence-electron chi connectivity index (χ2n) is 3.12. The zero-order valence-corrected chi connectivity index (χ0v) is 7.88. The lowest BCUT2D eigenvalue weighted by Crippen LogP contribution is -2.00. The molecule has 2 aromatic rings. The van der Waals surface area contributed by atoms with Gasteiger partial charge in [0.25, 0.3) is 0 Å². The Morgan fingerprint density at radius 2 is 2.29 bits per heavy atom. The minimum atomic E-state index is -0.0257. The lowest BCUT2D eigenvalue weighted by Gasteiger charge is -2.05. The minimum Gasteiger partial charge on any atom is -0.392 e.